The highest BCUT2D eigenvalue weighted by atomic mass is 19.3. The summed E-state index contributed by atoms with van der Waals surface area (Å²) in [6, 6.07) is 15.0. The lowest BCUT2D eigenvalue weighted by Gasteiger charge is -2.15. The van der Waals surface area contributed by atoms with Gasteiger partial charge in [0.1, 0.15) is 11.5 Å². The smallest absolute Gasteiger partial charge is 0.508 e. The van der Waals surface area contributed by atoms with Crippen LogP contribution in [0, 0.1) is 6.92 Å². The topological polar surface area (TPSA) is 68.7 Å². The molecule has 0 unspecified atom stereocenters. The summed E-state index contributed by atoms with van der Waals surface area (Å²) in [6.45, 7) is 1.94. The monoisotopic (exact) mass is 425 g/mol. The van der Waals surface area contributed by atoms with Crippen LogP contribution < -0.4 is 9.47 Å². The molecule has 1 fully saturated rings. The molecule has 160 valence electrons. The number of halogens is 2. The second-order valence-electron chi connectivity index (χ2n) is 8.03. The number of pyridine rings is 1. The van der Waals surface area contributed by atoms with E-state index in [0.29, 0.717) is 24.1 Å². The number of benzene rings is 2. The lowest BCUT2D eigenvalue weighted by molar-refractivity contribution is -0.286. The van der Waals surface area contributed by atoms with E-state index in [1.807, 2.05) is 19.1 Å². The van der Waals surface area contributed by atoms with Crippen LogP contribution in [0.1, 0.15) is 31.1 Å². The predicted octanol–water partition coefficient (Wildman–Crippen LogP) is 5.17. The first-order valence-electron chi connectivity index (χ1n) is 9.95. The van der Waals surface area contributed by atoms with Crippen molar-refractivity contribution in [2.45, 2.75) is 37.9 Å². The molecular formula is C24H21F2NO4. The number of aryl methyl sites for hydroxylation is 1. The van der Waals surface area contributed by atoms with Crippen LogP contribution in [-0.4, -0.2) is 22.2 Å². The Morgan fingerprint density at radius 2 is 1.77 bits per heavy atom. The molecule has 31 heavy (non-hydrogen) atoms. The SMILES string of the molecule is Cc1ccc(CC(=O)C2(c3ccc4c(c3)OC(F)(F)O4)CC2)nc1-c1ccc(O)cc1.[HH]. The van der Waals surface area contributed by atoms with Gasteiger partial charge in [-0.2, -0.15) is 0 Å². The standard InChI is InChI=1S/C24H19F2NO4.H2/c1-14-2-6-17(27-22(14)15-3-7-18(28)8-4-15)13-21(29)23(10-11-23)16-5-9-19-20(12-16)31-24(25,26)30-19;/h2-9,12,28H,10-11,13H2,1H3;1H. The molecule has 0 amide bonds. The quantitative estimate of drug-likeness (QED) is 0.611. The van der Waals surface area contributed by atoms with Gasteiger partial charge < -0.3 is 14.6 Å². The van der Waals surface area contributed by atoms with Crippen molar-refractivity contribution >= 4 is 5.78 Å². The molecule has 5 nitrogen and oxygen atoms in total. The number of aromatic nitrogens is 1. The van der Waals surface area contributed by atoms with Gasteiger partial charge in [0.05, 0.1) is 11.1 Å². The summed E-state index contributed by atoms with van der Waals surface area (Å²) in [5.74, 6) is 0.0800. The third kappa shape index (κ3) is 3.50. The van der Waals surface area contributed by atoms with Crippen LogP contribution in [0.3, 0.4) is 0 Å². The third-order valence-electron chi connectivity index (χ3n) is 5.87. The van der Waals surface area contributed by atoms with Crippen molar-refractivity contribution in [1.29, 1.82) is 0 Å². The zero-order valence-electron chi connectivity index (χ0n) is 16.7. The Hall–Kier alpha value is -3.48. The van der Waals surface area contributed by atoms with Crippen molar-refractivity contribution < 1.29 is 29.6 Å². The van der Waals surface area contributed by atoms with E-state index in [0.717, 1.165) is 16.8 Å². The van der Waals surface area contributed by atoms with Gasteiger partial charge in [0.25, 0.3) is 0 Å². The highest BCUT2D eigenvalue weighted by Gasteiger charge is 2.52. The minimum atomic E-state index is -3.68. The molecule has 2 aromatic carbocycles. The van der Waals surface area contributed by atoms with Crippen molar-refractivity contribution in [3.8, 4) is 28.5 Å². The van der Waals surface area contributed by atoms with Gasteiger partial charge >= 0.3 is 6.29 Å². The van der Waals surface area contributed by atoms with Crippen LogP contribution >= 0.6 is 0 Å². The van der Waals surface area contributed by atoms with Gasteiger partial charge in [-0.05, 0) is 73.4 Å². The zero-order chi connectivity index (χ0) is 21.8. The van der Waals surface area contributed by atoms with Gasteiger partial charge in [-0.3, -0.25) is 9.78 Å². The molecular weight excluding hydrogens is 404 g/mol. The Morgan fingerprint density at radius 1 is 1.06 bits per heavy atom. The molecule has 5 rings (SSSR count). The second kappa shape index (κ2) is 6.77. The molecule has 0 bridgehead atoms. The maximum atomic E-state index is 13.3. The average Bonchev–Trinajstić information content (AvgIpc) is 3.47. The van der Waals surface area contributed by atoms with E-state index < -0.39 is 11.7 Å². The Labute approximate surface area is 178 Å². The number of hydrogen-bond donors (Lipinski definition) is 1. The summed E-state index contributed by atoms with van der Waals surface area (Å²) >= 11 is 0. The fraction of sp³-hybridized carbons (Fsp3) is 0.250. The number of ketones is 1. The van der Waals surface area contributed by atoms with E-state index in [-0.39, 0.29) is 30.9 Å². The van der Waals surface area contributed by atoms with Gasteiger partial charge in [-0.25, -0.2) is 0 Å². The maximum Gasteiger partial charge on any atom is 0.586 e. The van der Waals surface area contributed by atoms with Crippen LogP contribution in [0.5, 0.6) is 17.2 Å². The molecule has 0 saturated heterocycles. The average molecular weight is 425 g/mol. The highest BCUT2D eigenvalue weighted by molar-refractivity contribution is 5.94. The number of carbonyl (C=O) groups is 1. The number of alkyl halides is 2. The van der Waals surface area contributed by atoms with Crippen molar-refractivity contribution in [1.82, 2.24) is 4.98 Å². The van der Waals surface area contributed by atoms with Gasteiger partial charge in [-0.1, -0.05) is 12.1 Å². The molecule has 0 radical (unpaired) electrons. The predicted molar refractivity (Wildman–Crippen MR) is 110 cm³/mol. The molecule has 1 N–H and O–H groups in total. The number of phenols is 1. The molecule has 3 aromatic rings. The Morgan fingerprint density at radius 3 is 2.48 bits per heavy atom. The number of Topliss-reactive ketones (excluding diaryl/α,β-unsaturated/α-hetero) is 1. The molecule has 7 heteroatoms. The third-order valence-corrected chi connectivity index (χ3v) is 5.87. The Bertz CT molecular complexity index is 1190. The van der Waals surface area contributed by atoms with Crippen molar-refractivity contribution in [3.05, 3.63) is 71.4 Å². The van der Waals surface area contributed by atoms with E-state index >= 15 is 0 Å². The van der Waals surface area contributed by atoms with Crippen LogP contribution in [0.2, 0.25) is 0 Å². The molecule has 2 aliphatic rings. The first-order valence-corrected chi connectivity index (χ1v) is 9.95. The largest absolute Gasteiger partial charge is 0.586 e. The molecule has 0 atom stereocenters. The van der Waals surface area contributed by atoms with Crippen molar-refractivity contribution in [2.75, 3.05) is 0 Å². The fourth-order valence-corrected chi connectivity index (χ4v) is 4.01. The molecule has 1 aliphatic heterocycles. The Balaban J connectivity index is 0.00000245. The number of rotatable bonds is 5. The lowest BCUT2D eigenvalue weighted by atomic mass is 9.88. The van der Waals surface area contributed by atoms with Crippen molar-refractivity contribution in [3.63, 3.8) is 0 Å². The Kier molecular flexibility index (Phi) is 4.25. The van der Waals surface area contributed by atoms with Crippen molar-refractivity contribution in [2.24, 2.45) is 0 Å². The summed E-state index contributed by atoms with van der Waals surface area (Å²) in [6.07, 6.45) is -2.24. The number of aromatic hydroxyl groups is 1. The minimum absolute atomic E-state index is 0. The van der Waals surface area contributed by atoms with E-state index in [9.17, 15) is 18.7 Å². The maximum absolute atomic E-state index is 13.3. The zero-order valence-corrected chi connectivity index (χ0v) is 16.7. The molecule has 1 saturated carbocycles. The van der Waals surface area contributed by atoms with E-state index in [4.69, 9.17) is 0 Å². The summed E-state index contributed by atoms with van der Waals surface area (Å²) < 4.78 is 35.6. The number of fused-ring (bicyclic) bond motifs is 1. The number of ether oxygens (including phenoxy) is 2. The minimum Gasteiger partial charge on any atom is -0.508 e. The van der Waals surface area contributed by atoms with Crippen LogP contribution in [-0.2, 0) is 16.6 Å². The van der Waals surface area contributed by atoms with Crippen LogP contribution in [0.4, 0.5) is 8.78 Å². The number of carbonyl (C=O) groups excluding carboxylic acids is 1. The van der Waals surface area contributed by atoms with Gasteiger partial charge in [0.2, 0.25) is 0 Å². The summed E-state index contributed by atoms with van der Waals surface area (Å²) in [5, 5.41) is 9.51. The summed E-state index contributed by atoms with van der Waals surface area (Å²) in [7, 11) is 0. The van der Waals surface area contributed by atoms with Crippen LogP contribution in [0.15, 0.2) is 54.6 Å². The van der Waals surface area contributed by atoms with Gasteiger partial charge in [0, 0.05) is 19.1 Å². The second-order valence-corrected chi connectivity index (χ2v) is 8.03. The van der Waals surface area contributed by atoms with Gasteiger partial charge in [-0.15, -0.1) is 8.78 Å². The summed E-state index contributed by atoms with van der Waals surface area (Å²) in [5.41, 5.74) is 3.14. The molecule has 2 heterocycles. The fourth-order valence-electron chi connectivity index (χ4n) is 4.01. The lowest BCUT2D eigenvalue weighted by Crippen LogP contribution is -2.26. The molecule has 1 aromatic heterocycles. The first kappa shape index (κ1) is 19.5. The number of hydrogen-bond acceptors (Lipinski definition) is 5. The normalized spacial score (nSPS) is 17.4. The van der Waals surface area contributed by atoms with E-state index in [1.54, 1.807) is 30.3 Å². The van der Waals surface area contributed by atoms with Gasteiger partial charge in [0.15, 0.2) is 11.5 Å². The highest BCUT2D eigenvalue weighted by Crippen LogP contribution is 2.52. The number of phenolic OH excluding ortho intramolecular Hbond substituents is 1. The molecule has 1 aliphatic carbocycles. The van der Waals surface area contributed by atoms with E-state index in [1.165, 1.54) is 12.1 Å². The van der Waals surface area contributed by atoms with Crippen LogP contribution in [0.25, 0.3) is 11.3 Å². The van der Waals surface area contributed by atoms with E-state index in [2.05, 4.69) is 14.5 Å². The summed E-state index contributed by atoms with van der Waals surface area (Å²) in [4.78, 5) is 17.9. The molecule has 0 spiro atoms. The first-order chi connectivity index (χ1) is 14.8. The number of nitrogens with zero attached hydrogens (tertiary/aromatic N) is 1.